The van der Waals surface area contributed by atoms with E-state index in [0.29, 0.717) is 10.6 Å². The number of furan rings is 1. The number of rotatable bonds is 8. The standard InChI is InChI=1S/C20H18ClN3O6S/c1-4-28-19(27)16-15(10(2)25)11(3)29-18(16)22-14(26)9-31-20-24-23-17(30-20)12-5-7-13(21)8-6-12/h5-8H,4,9H2,1-3H3,(H,22,26). The number of nitrogens with one attached hydrogen (secondary N) is 1. The van der Waals surface area contributed by atoms with Gasteiger partial charge in [0.05, 0.1) is 17.9 Å². The van der Waals surface area contributed by atoms with Crippen LogP contribution in [0.1, 0.15) is 40.3 Å². The highest BCUT2D eigenvalue weighted by Crippen LogP contribution is 2.29. The molecule has 0 fully saturated rings. The molecule has 0 aliphatic rings. The number of Topliss-reactive ketones (excluding diaryl/α,β-unsaturated/α-hetero) is 1. The van der Waals surface area contributed by atoms with Gasteiger partial charge in [0.2, 0.25) is 17.7 Å². The summed E-state index contributed by atoms with van der Waals surface area (Å²) in [4.78, 5) is 36.6. The first-order chi connectivity index (χ1) is 14.8. The Balaban J connectivity index is 1.69. The molecule has 2 heterocycles. The largest absolute Gasteiger partial charge is 0.462 e. The first-order valence-electron chi connectivity index (χ1n) is 9.13. The zero-order valence-corrected chi connectivity index (χ0v) is 18.4. The molecule has 3 aromatic rings. The second-order valence-corrected chi connectivity index (χ2v) is 7.59. The minimum absolute atomic E-state index is 0.0749. The summed E-state index contributed by atoms with van der Waals surface area (Å²) in [7, 11) is 0. The summed E-state index contributed by atoms with van der Waals surface area (Å²) in [6.07, 6.45) is 0. The van der Waals surface area contributed by atoms with Gasteiger partial charge in [-0.25, -0.2) is 4.79 Å². The SMILES string of the molecule is CCOC(=O)c1c(NC(=O)CSc2nnc(-c3ccc(Cl)cc3)o2)oc(C)c1C(C)=O. The molecule has 11 heteroatoms. The van der Waals surface area contributed by atoms with Crippen molar-refractivity contribution in [1.29, 1.82) is 0 Å². The van der Waals surface area contributed by atoms with Gasteiger partial charge in [0.25, 0.3) is 5.22 Å². The van der Waals surface area contributed by atoms with Gasteiger partial charge in [0.1, 0.15) is 11.3 Å². The Hall–Kier alpha value is -3.11. The third kappa shape index (κ3) is 5.33. The molecule has 0 radical (unpaired) electrons. The van der Waals surface area contributed by atoms with Crippen LogP contribution in [0, 0.1) is 6.92 Å². The van der Waals surface area contributed by atoms with E-state index >= 15 is 0 Å². The van der Waals surface area contributed by atoms with Crippen molar-refractivity contribution in [2.75, 3.05) is 17.7 Å². The van der Waals surface area contributed by atoms with Crippen molar-refractivity contribution in [2.45, 2.75) is 26.0 Å². The Bertz CT molecular complexity index is 1120. The van der Waals surface area contributed by atoms with Crippen molar-refractivity contribution in [3.63, 3.8) is 0 Å². The van der Waals surface area contributed by atoms with Gasteiger partial charge in [-0.2, -0.15) is 0 Å². The summed E-state index contributed by atoms with van der Waals surface area (Å²) < 4.78 is 16.0. The van der Waals surface area contributed by atoms with Gasteiger partial charge in [-0.1, -0.05) is 23.4 Å². The summed E-state index contributed by atoms with van der Waals surface area (Å²) in [5.41, 5.74) is 0.661. The number of esters is 1. The molecular weight excluding hydrogens is 446 g/mol. The number of aryl methyl sites for hydroxylation is 1. The second kappa shape index (κ2) is 9.80. The lowest BCUT2D eigenvalue weighted by Gasteiger charge is -2.05. The van der Waals surface area contributed by atoms with E-state index in [1.54, 1.807) is 31.2 Å². The topological polar surface area (TPSA) is 125 Å². The van der Waals surface area contributed by atoms with Crippen LogP contribution in [0.5, 0.6) is 0 Å². The number of carbonyl (C=O) groups is 3. The summed E-state index contributed by atoms with van der Waals surface area (Å²) in [5, 5.41) is 11.1. The molecule has 0 bridgehead atoms. The van der Waals surface area contributed by atoms with Crippen LogP contribution < -0.4 is 5.32 Å². The van der Waals surface area contributed by atoms with Gasteiger partial charge >= 0.3 is 5.97 Å². The van der Waals surface area contributed by atoms with Crippen molar-refractivity contribution in [3.8, 4) is 11.5 Å². The minimum Gasteiger partial charge on any atom is -0.462 e. The number of aromatic nitrogens is 2. The monoisotopic (exact) mass is 463 g/mol. The molecule has 2 aromatic heterocycles. The molecule has 0 aliphatic carbocycles. The number of amides is 1. The van der Waals surface area contributed by atoms with Gasteiger partial charge in [-0.3, -0.25) is 14.9 Å². The fourth-order valence-electron chi connectivity index (χ4n) is 2.72. The van der Waals surface area contributed by atoms with Crippen LogP contribution in [0.15, 0.2) is 38.3 Å². The number of benzene rings is 1. The summed E-state index contributed by atoms with van der Waals surface area (Å²) in [6.45, 7) is 4.57. The number of halogens is 1. The number of anilines is 1. The zero-order chi connectivity index (χ0) is 22.5. The molecule has 162 valence electrons. The molecule has 1 amide bonds. The van der Waals surface area contributed by atoms with E-state index in [4.69, 9.17) is 25.2 Å². The molecule has 31 heavy (non-hydrogen) atoms. The van der Waals surface area contributed by atoms with Crippen molar-refractivity contribution < 1.29 is 28.0 Å². The van der Waals surface area contributed by atoms with Crippen LogP contribution in [0.3, 0.4) is 0 Å². The number of hydrogen-bond donors (Lipinski definition) is 1. The third-order valence-corrected chi connectivity index (χ3v) is 5.06. The molecule has 0 atom stereocenters. The molecule has 0 spiro atoms. The highest BCUT2D eigenvalue weighted by molar-refractivity contribution is 7.99. The van der Waals surface area contributed by atoms with Gasteiger partial charge in [-0.15, -0.1) is 10.2 Å². The van der Waals surface area contributed by atoms with Crippen molar-refractivity contribution in [1.82, 2.24) is 10.2 Å². The summed E-state index contributed by atoms with van der Waals surface area (Å²) in [5.74, 6) is -1.36. The highest BCUT2D eigenvalue weighted by atomic mass is 35.5. The van der Waals surface area contributed by atoms with E-state index in [2.05, 4.69) is 15.5 Å². The maximum atomic E-state index is 12.4. The molecule has 9 nitrogen and oxygen atoms in total. The second-order valence-electron chi connectivity index (χ2n) is 6.23. The number of thioether (sulfide) groups is 1. The normalized spacial score (nSPS) is 10.7. The number of nitrogens with zero attached hydrogens (tertiary/aromatic N) is 2. The van der Waals surface area contributed by atoms with Crippen molar-refractivity contribution >= 4 is 46.9 Å². The first-order valence-corrected chi connectivity index (χ1v) is 10.5. The van der Waals surface area contributed by atoms with E-state index < -0.39 is 11.9 Å². The van der Waals surface area contributed by atoms with Crippen LogP contribution in [0.25, 0.3) is 11.5 Å². The average molecular weight is 464 g/mol. The van der Waals surface area contributed by atoms with E-state index in [-0.39, 0.29) is 52.0 Å². The van der Waals surface area contributed by atoms with Crippen LogP contribution in [0.2, 0.25) is 5.02 Å². The van der Waals surface area contributed by atoms with Crippen LogP contribution in [0.4, 0.5) is 5.88 Å². The first kappa shape index (κ1) is 22.6. The van der Waals surface area contributed by atoms with E-state index in [0.717, 1.165) is 11.8 Å². The molecule has 0 aliphatic heterocycles. The molecule has 3 rings (SSSR count). The quantitative estimate of drug-likeness (QED) is 0.294. The number of ether oxygens (including phenoxy) is 1. The lowest BCUT2D eigenvalue weighted by Crippen LogP contribution is -2.17. The van der Waals surface area contributed by atoms with Crippen LogP contribution >= 0.6 is 23.4 Å². The van der Waals surface area contributed by atoms with Gasteiger partial charge in [0, 0.05) is 10.6 Å². The Kier molecular flexibility index (Phi) is 7.13. The highest BCUT2D eigenvalue weighted by Gasteiger charge is 2.28. The van der Waals surface area contributed by atoms with Crippen LogP contribution in [-0.4, -0.2) is 40.2 Å². The van der Waals surface area contributed by atoms with Gasteiger partial charge < -0.3 is 13.6 Å². The van der Waals surface area contributed by atoms with Gasteiger partial charge in [0.15, 0.2) is 5.78 Å². The Morgan fingerprint density at radius 1 is 1.13 bits per heavy atom. The van der Waals surface area contributed by atoms with Crippen molar-refractivity contribution in [3.05, 3.63) is 46.2 Å². The molecular formula is C20H18ClN3O6S. The van der Waals surface area contributed by atoms with Gasteiger partial charge in [-0.05, 0) is 45.0 Å². The molecule has 1 aromatic carbocycles. The Morgan fingerprint density at radius 3 is 2.48 bits per heavy atom. The molecule has 0 saturated carbocycles. The van der Waals surface area contributed by atoms with E-state index in [9.17, 15) is 14.4 Å². The minimum atomic E-state index is -0.753. The zero-order valence-electron chi connectivity index (χ0n) is 16.9. The predicted molar refractivity (Wildman–Crippen MR) is 114 cm³/mol. The van der Waals surface area contributed by atoms with E-state index in [1.807, 2.05) is 0 Å². The van der Waals surface area contributed by atoms with Crippen molar-refractivity contribution in [2.24, 2.45) is 0 Å². The number of carbonyl (C=O) groups excluding carboxylic acids is 3. The lowest BCUT2D eigenvalue weighted by atomic mass is 10.1. The fraction of sp³-hybridized carbons (Fsp3) is 0.250. The average Bonchev–Trinajstić information content (AvgIpc) is 3.31. The smallest absolute Gasteiger partial charge is 0.344 e. The van der Waals surface area contributed by atoms with Crippen LogP contribution in [-0.2, 0) is 9.53 Å². The van der Waals surface area contributed by atoms with E-state index in [1.165, 1.54) is 13.8 Å². The Labute approximate surface area is 186 Å². The number of ketones is 1. The molecule has 1 N–H and O–H groups in total. The number of hydrogen-bond acceptors (Lipinski definition) is 9. The Morgan fingerprint density at radius 2 is 1.84 bits per heavy atom. The predicted octanol–water partition coefficient (Wildman–Crippen LogP) is 4.40. The summed E-state index contributed by atoms with van der Waals surface area (Å²) >= 11 is 6.87. The fourth-order valence-corrected chi connectivity index (χ4v) is 3.41. The maximum absolute atomic E-state index is 12.4. The third-order valence-electron chi connectivity index (χ3n) is 3.99. The molecule has 0 unspecified atom stereocenters. The lowest BCUT2D eigenvalue weighted by molar-refractivity contribution is -0.113. The molecule has 0 saturated heterocycles. The maximum Gasteiger partial charge on any atom is 0.344 e. The summed E-state index contributed by atoms with van der Waals surface area (Å²) in [6, 6.07) is 6.87.